The summed E-state index contributed by atoms with van der Waals surface area (Å²) < 4.78 is 46.8. The molecule has 17 heavy (non-hydrogen) atoms. The third kappa shape index (κ3) is 10.8. The molecule has 0 rings (SSSR count). The van der Waals surface area contributed by atoms with Crippen LogP contribution in [0.5, 0.6) is 0 Å². The summed E-state index contributed by atoms with van der Waals surface area (Å²) in [5, 5.41) is 3.28. The van der Waals surface area contributed by atoms with E-state index < -0.39 is 23.4 Å². The van der Waals surface area contributed by atoms with Crippen LogP contribution in [0.3, 0.4) is 0 Å². The summed E-state index contributed by atoms with van der Waals surface area (Å²) in [5.41, 5.74) is 0. The molecule has 0 heterocycles. The second-order valence-electron chi connectivity index (χ2n) is 4.46. The van der Waals surface area contributed by atoms with Crippen LogP contribution in [0.1, 0.15) is 39.5 Å². The molecular weight excluding hydrogens is 251 g/mol. The molecule has 0 saturated carbocycles. The van der Waals surface area contributed by atoms with Gasteiger partial charge >= 0.3 is 6.18 Å². The Labute approximate surface area is 104 Å². The van der Waals surface area contributed by atoms with E-state index in [0.29, 0.717) is 13.0 Å². The van der Waals surface area contributed by atoms with Gasteiger partial charge in [-0.1, -0.05) is 6.92 Å². The minimum atomic E-state index is -4.05. The first-order valence-electron chi connectivity index (χ1n) is 5.84. The topological polar surface area (TPSA) is 29.1 Å². The van der Waals surface area contributed by atoms with Gasteiger partial charge < -0.3 is 5.32 Å². The van der Waals surface area contributed by atoms with Crippen molar-refractivity contribution >= 4 is 10.8 Å². The van der Waals surface area contributed by atoms with Gasteiger partial charge in [-0.3, -0.25) is 4.21 Å². The van der Waals surface area contributed by atoms with Crippen molar-refractivity contribution < 1.29 is 17.4 Å². The lowest BCUT2D eigenvalue weighted by Crippen LogP contribution is -2.29. The fourth-order valence-electron chi connectivity index (χ4n) is 1.41. The first-order chi connectivity index (χ1) is 7.72. The quantitative estimate of drug-likeness (QED) is 0.737. The van der Waals surface area contributed by atoms with E-state index in [2.05, 4.69) is 5.32 Å². The van der Waals surface area contributed by atoms with Crippen molar-refractivity contribution in [1.82, 2.24) is 5.32 Å². The summed E-state index contributed by atoms with van der Waals surface area (Å²) in [7, 11) is -0.831. The van der Waals surface area contributed by atoms with Gasteiger partial charge in [0.15, 0.2) is 0 Å². The smallest absolute Gasteiger partial charge is 0.314 e. The number of hydrogen-bond acceptors (Lipinski definition) is 2. The molecule has 3 atom stereocenters. The second-order valence-corrected chi connectivity index (χ2v) is 6.26. The minimum Gasteiger partial charge on any atom is -0.314 e. The van der Waals surface area contributed by atoms with Crippen molar-refractivity contribution in [2.45, 2.75) is 57.0 Å². The lowest BCUT2D eigenvalue weighted by Gasteiger charge is -2.15. The van der Waals surface area contributed by atoms with Gasteiger partial charge in [0.2, 0.25) is 0 Å². The molecule has 104 valence electrons. The maximum atomic E-state index is 11.9. The highest BCUT2D eigenvalue weighted by Crippen LogP contribution is 2.22. The molecule has 0 aromatic heterocycles. The van der Waals surface area contributed by atoms with Crippen LogP contribution < -0.4 is 5.32 Å². The molecule has 2 nitrogen and oxygen atoms in total. The van der Waals surface area contributed by atoms with E-state index in [4.69, 9.17) is 0 Å². The zero-order valence-electron chi connectivity index (χ0n) is 10.6. The molecule has 0 saturated heterocycles. The highest BCUT2D eigenvalue weighted by molar-refractivity contribution is 7.84. The Morgan fingerprint density at radius 1 is 1.24 bits per heavy atom. The average Bonchev–Trinajstić information content (AvgIpc) is 2.15. The van der Waals surface area contributed by atoms with Gasteiger partial charge in [-0.15, -0.1) is 0 Å². The molecule has 0 bridgehead atoms. The molecule has 6 heteroatoms. The highest BCUT2D eigenvalue weighted by Gasteiger charge is 2.26. The Bertz CT molecular complexity index is 233. The molecule has 0 amide bonds. The number of halogens is 3. The number of hydrogen-bond donors (Lipinski definition) is 1. The zero-order valence-corrected chi connectivity index (χ0v) is 11.5. The summed E-state index contributed by atoms with van der Waals surface area (Å²) in [4.78, 5) is 0. The Hall–Kier alpha value is -0.100. The van der Waals surface area contributed by atoms with E-state index in [1.807, 2.05) is 13.8 Å². The lowest BCUT2D eigenvalue weighted by atomic mass is 10.1. The lowest BCUT2D eigenvalue weighted by molar-refractivity contribution is -0.135. The molecule has 0 aromatic rings. The summed E-state index contributed by atoms with van der Waals surface area (Å²) in [6.45, 7) is 4.49. The predicted molar refractivity (Wildman–Crippen MR) is 65.5 cm³/mol. The van der Waals surface area contributed by atoms with Crippen molar-refractivity contribution in [2.75, 3.05) is 12.8 Å². The Kier molecular flexibility index (Phi) is 8.03. The number of nitrogens with one attached hydrogen (secondary N) is 1. The summed E-state index contributed by atoms with van der Waals surface area (Å²) in [6, 6.07) is 0.0786. The van der Waals surface area contributed by atoms with E-state index in [1.165, 1.54) is 0 Å². The molecule has 3 unspecified atom stereocenters. The average molecular weight is 273 g/mol. The third-order valence-corrected chi connectivity index (χ3v) is 4.08. The third-order valence-electron chi connectivity index (χ3n) is 2.71. The maximum Gasteiger partial charge on any atom is 0.389 e. The van der Waals surface area contributed by atoms with E-state index in [-0.39, 0.29) is 17.7 Å². The van der Waals surface area contributed by atoms with Crippen molar-refractivity contribution in [3.8, 4) is 0 Å². The fraction of sp³-hybridized carbons (Fsp3) is 1.00. The first kappa shape index (κ1) is 16.9. The summed E-state index contributed by atoms with van der Waals surface area (Å²) >= 11 is 0. The Morgan fingerprint density at radius 3 is 2.29 bits per heavy atom. The van der Waals surface area contributed by atoms with Crippen LogP contribution in [0.15, 0.2) is 0 Å². The number of rotatable bonds is 8. The second kappa shape index (κ2) is 8.08. The van der Waals surface area contributed by atoms with Crippen molar-refractivity contribution in [3.63, 3.8) is 0 Å². The summed E-state index contributed by atoms with van der Waals surface area (Å²) in [6.07, 6.45) is -1.64. The van der Waals surface area contributed by atoms with E-state index in [0.717, 1.165) is 6.42 Å². The Balaban J connectivity index is 3.53. The van der Waals surface area contributed by atoms with Gasteiger partial charge in [0.05, 0.1) is 0 Å². The van der Waals surface area contributed by atoms with Gasteiger partial charge in [0.25, 0.3) is 0 Å². The Morgan fingerprint density at radius 2 is 1.82 bits per heavy atom. The minimum absolute atomic E-state index is 0.0786. The standard InChI is InChI=1S/C11H22F3NOS/c1-9(5-4-7-11(12,13)14)15-8-6-10(2)17(3)16/h9-10,15H,4-8H2,1-3H3. The molecule has 0 aliphatic carbocycles. The van der Waals surface area contributed by atoms with Gasteiger partial charge in [-0.25, -0.2) is 0 Å². The van der Waals surface area contributed by atoms with Gasteiger partial charge in [0.1, 0.15) is 0 Å². The molecule has 0 aromatic carbocycles. The summed E-state index contributed by atoms with van der Waals surface area (Å²) in [5.74, 6) is 0. The SMILES string of the molecule is CC(CCCC(F)(F)F)NCCC(C)S(C)=O. The van der Waals surface area contributed by atoms with Crippen molar-refractivity contribution in [1.29, 1.82) is 0 Å². The molecule has 0 radical (unpaired) electrons. The van der Waals surface area contributed by atoms with Crippen molar-refractivity contribution in [3.05, 3.63) is 0 Å². The zero-order chi connectivity index (χ0) is 13.5. The molecule has 0 aliphatic rings. The molecule has 1 N–H and O–H groups in total. The monoisotopic (exact) mass is 273 g/mol. The maximum absolute atomic E-state index is 11.9. The van der Waals surface area contributed by atoms with Crippen LogP contribution >= 0.6 is 0 Å². The molecular formula is C11H22F3NOS. The van der Waals surface area contributed by atoms with Gasteiger partial charge in [0, 0.05) is 34.8 Å². The molecule has 0 spiro atoms. The predicted octanol–water partition coefficient (Wildman–Crippen LogP) is 2.85. The number of alkyl halides is 3. The van der Waals surface area contributed by atoms with Crippen LogP contribution in [0.25, 0.3) is 0 Å². The van der Waals surface area contributed by atoms with Crippen molar-refractivity contribution in [2.24, 2.45) is 0 Å². The highest BCUT2D eigenvalue weighted by atomic mass is 32.2. The molecule has 0 fully saturated rings. The van der Waals surface area contributed by atoms with Crippen LogP contribution in [-0.4, -0.2) is 34.5 Å². The van der Waals surface area contributed by atoms with Gasteiger partial charge in [-0.05, 0) is 32.7 Å². The largest absolute Gasteiger partial charge is 0.389 e. The van der Waals surface area contributed by atoms with E-state index in [1.54, 1.807) is 6.26 Å². The molecule has 0 aliphatic heterocycles. The van der Waals surface area contributed by atoms with Crippen LogP contribution in [0.4, 0.5) is 13.2 Å². The van der Waals surface area contributed by atoms with Gasteiger partial charge in [-0.2, -0.15) is 13.2 Å². The van der Waals surface area contributed by atoms with E-state index >= 15 is 0 Å². The van der Waals surface area contributed by atoms with E-state index in [9.17, 15) is 17.4 Å². The van der Waals surface area contributed by atoms with Crippen LogP contribution in [-0.2, 0) is 10.8 Å². The fourth-order valence-corrected chi connectivity index (χ4v) is 1.86. The normalized spacial score (nSPS) is 17.8. The van der Waals surface area contributed by atoms with Crippen LogP contribution in [0, 0.1) is 0 Å². The first-order valence-corrected chi connectivity index (χ1v) is 7.47. The van der Waals surface area contributed by atoms with Crippen LogP contribution in [0.2, 0.25) is 0 Å².